The zero-order chi connectivity index (χ0) is 19.4. The van der Waals surface area contributed by atoms with E-state index >= 15 is 0 Å². The van der Waals surface area contributed by atoms with Gasteiger partial charge in [0.1, 0.15) is 16.5 Å². The number of esters is 1. The molecule has 9 heteroatoms. The largest absolute Gasteiger partial charge is 0.465 e. The summed E-state index contributed by atoms with van der Waals surface area (Å²) in [6.45, 7) is 0. The molecule has 0 aliphatic carbocycles. The molecule has 0 unspecified atom stereocenters. The van der Waals surface area contributed by atoms with Gasteiger partial charge in [-0.05, 0) is 23.6 Å². The smallest absolute Gasteiger partial charge is 0.350 e. The van der Waals surface area contributed by atoms with Crippen LogP contribution in [0.15, 0.2) is 40.3 Å². The fraction of sp³-hybridized carbons (Fsp3) is 0.167. The summed E-state index contributed by atoms with van der Waals surface area (Å²) in [5.74, 6) is -1.93. The number of thiophene rings is 1. The predicted octanol–water partition coefficient (Wildman–Crippen LogP) is 4.04. The highest BCUT2D eigenvalue weighted by molar-refractivity contribution is 7.12. The molecule has 0 fully saturated rings. The fourth-order valence-electron chi connectivity index (χ4n) is 2.33. The van der Waals surface area contributed by atoms with Crippen molar-refractivity contribution in [2.75, 3.05) is 12.4 Å². The van der Waals surface area contributed by atoms with Crippen LogP contribution in [0.1, 0.15) is 22.0 Å². The van der Waals surface area contributed by atoms with Crippen molar-refractivity contribution in [3.05, 3.63) is 58.2 Å². The fourth-order valence-corrected chi connectivity index (χ4v) is 3.10. The van der Waals surface area contributed by atoms with Crippen molar-refractivity contribution in [2.24, 2.45) is 0 Å². The minimum absolute atomic E-state index is 0.0440. The Bertz CT molecular complexity index is 983. The first-order chi connectivity index (χ1) is 13.0. The Balaban J connectivity index is 1.61. The SMILES string of the molecule is COC(=O)c1sccc1NC(=O)CCc1ncc(-c2ccc(F)cc2F)o1. The molecule has 2 heterocycles. The van der Waals surface area contributed by atoms with E-state index in [1.54, 1.807) is 11.4 Å². The van der Waals surface area contributed by atoms with E-state index in [0.29, 0.717) is 10.6 Å². The van der Waals surface area contributed by atoms with Crippen molar-refractivity contribution in [3.8, 4) is 11.3 Å². The summed E-state index contributed by atoms with van der Waals surface area (Å²) in [4.78, 5) is 28.0. The highest BCUT2D eigenvalue weighted by Gasteiger charge is 2.17. The standard InChI is InChI=1S/C18H14F2N2O4S/c1-25-18(24)17-13(6-7-27-17)22-15(23)4-5-16-21-9-14(26-16)11-3-2-10(19)8-12(11)20/h2-3,6-9H,4-5H2,1H3,(H,22,23). The molecule has 0 saturated heterocycles. The Morgan fingerprint density at radius 1 is 1.30 bits per heavy atom. The maximum absolute atomic E-state index is 13.8. The topological polar surface area (TPSA) is 81.4 Å². The van der Waals surface area contributed by atoms with Crippen molar-refractivity contribution in [3.63, 3.8) is 0 Å². The third-order valence-corrected chi connectivity index (χ3v) is 4.52. The van der Waals surface area contributed by atoms with Crippen LogP contribution in [-0.2, 0) is 16.0 Å². The van der Waals surface area contributed by atoms with Crippen molar-refractivity contribution < 1.29 is 27.5 Å². The normalized spacial score (nSPS) is 10.6. The number of aryl methyl sites for hydroxylation is 1. The molecular formula is C18H14F2N2O4S. The summed E-state index contributed by atoms with van der Waals surface area (Å²) in [6.07, 6.45) is 1.53. The molecule has 27 heavy (non-hydrogen) atoms. The lowest BCUT2D eigenvalue weighted by atomic mass is 10.2. The second-order valence-electron chi connectivity index (χ2n) is 5.45. The Labute approximate surface area is 156 Å². The zero-order valence-corrected chi connectivity index (χ0v) is 14.9. The van der Waals surface area contributed by atoms with Gasteiger partial charge in [-0.25, -0.2) is 18.6 Å². The van der Waals surface area contributed by atoms with Gasteiger partial charge in [0.15, 0.2) is 11.7 Å². The van der Waals surface area contributed by atoms with E-state index in [1.807, 2.05) is 0 Å². The number of nitrogens with zero attached hydrogens (tertiary/aromatic N) is 1. The first-order valence-corrected chi connectivity index (χ1v) is 8.71. The van der Waals surface area contributed by atoms with Crippen molar-refractivity contribution in [1.29, 1.82) is 0 Å². The van der Waals surface area contributed by atoms with Gasteiger partial charge in [0.05, 0.1) is 24.6 Å². The molecule has 0 spiro atoms. The maximum Gasteiger partial charge on any atom is 0.350 e. The van der Waals surface area contributed by atoms with Crippen molar-refractivity contribution in [1.82, 2.24) is 4.98 Å². The van der Waals surface area contributed by atoms with Gasteiger partial charge in [0, 0.05) is 18.9 Å². The second kappa shape index (κ2) is 8.09. The average Bonchev–Trinajstić information content (AvgIpc) is 3.29. The highest BCUT2D eigenvalue weighted by atomic mass is 32.1. The average molecular weight is 392 g/mol. The predicted molar refractivity (Wildman–Crippen MR) is 94.5 cm³/mol. The molecule has 0 bridgehead atoms. The number of carbonyl (C=O) groups is 2. The van der Waals surface area contributed by atoms with Crippen LogP contribution >= 0.6 is 11.3 Å². The minimum Gasteiger partial charge on any atom is -0.465 e. The summed E-state index contributed by atoms with van der Waals surface area (Å²) in [5.41, 5.74) is 0.457. The number of nitrogens with one attached hydrogen (secondary N) is 1. The quantitative estimate of drug-likeness (QED) is 0.641. The van der Waals surface area contributed by atoms with Gasteiger partial charge in [-0.15, -0.1) is 11.3 Å². The van der Waals surface area contributed by atoms with Crippen LogP contribution in [0, 0.1) is 11.6 Å². The first-order valence-electron chi connectivity index (χ1n) is 7.83. The number of methoxy groups -OCH3 is 1. The number of anilines is 1. The second-order valence-corrected chi connectivity index (χ2v) is 6.36. The van der Waals surface area contributed by atoms with E-state index in [4.69, 9.17) is 4.42 Å². The van der Waals surface area contributed by atoms with Crippen LogP contribution in [0.2, 0.25) is 0 Å². The van der Waals surface area contributed by atoms with E-state index in [9.17, 15) is 18.4 Å². The van der Waals surface area contributed by atoms with Gasteiger partial charge < -0.3 is 14.5 Å². The third-order valence-electron chi connectivity index (χ3n) is 3.63. The summed E-state index contributed by atoms with van der Waals surface area (Å²) in [5, 5.41) is 4.30. The Morgan fingerprint density at radius 2 is 2.11 bits per heavy atom. The zero-order valence-electron chi connectivity index (χ0n) is 14.1. The van der Waals surface area contributed by atoms with Gasteiger partial charge in [-0.1, -0.05) is 0 Å². The number of carbonyl (C=O) groups excluding carboxylic acids is 2. The number of ether oxygens (including phenoxy) is 1. The third kappa shape index (κ3) is 4.37. The highest BCUT2D eigenvalue weighted by Crippen LogP contribution is 2.25. The molecular weight excluding hydrogens is 378 g/mol. The van der Waals surface area contributed by atoms with Crippen molar-refractivity contribution in [2.45, 2.75) is 12.8 Å². The lowest BCUT2D eigenvalue weighted by molar-refractivity contribution is -0.116. The lowest BCUT2D eigenvalue weighted by Crippen LogP contribution is -2.14. The van der Waals surface area contributed by atoms with Crippen LogP contribution in [0.4, 0.5) is 14.5 Å². The number of hydrogen-bond acceptors (Lipinski definition) is 6. The Hall–Kier alpha value is -3.07. The summed E-state index contributed by atoms with van der Waals surface area (Å²) < 4.78 is 36.8. The Kier molecular flexibility index (Phi) is 5.60. The number of aromatic nitrogens is 1. The van der Waals surface area contributed by atoms with Gasteiger partial charge in [0.2, 0.25) is 5.91 Å². The molecule has 6 nitrogen and oxygen atoms in total. The van der Waals surface area contributed by atoms with Crippen LogP contribution in [0.3, 0.4) is 0 Å². The summed E-state index contributed by atoms with van der Waals surface area (Å²) in [7, 11) is 1.26. The molecule has 1 amide bonds. The molecule has 0 aliphatic rings. The van der Waals surface area contributed by atoms with Gasteiger partial charge in [0.25, 0.3) is 0 Å². The molecule has 1 aromatic carbocycles. The lowest BCUT2D eigenvalue weighted by Gasteiger charge is -2.04. The number of amides is 1. The van der Waals surface area contributed by atoms with E-state index < -0.39 is 17.6 Å². The summed E-state index contributed by atoms with van der Waals surface area (Å²) >= 11 is 1.16. The van der Waals surface area contributed by atoms with Gasteiger partial charge in [-0.3, -0.25) is 4.79 Å². The number of rotatable bonds is 6. The molecule has 3 aromatic rings. The van der Waals surface area contributed by atoms with E-state index in [2.05, 4.69) is 15.0 Å². The maximum atomic E-state index is 13.8. The summed E-state index contributed by atoms with van der Waals surface area (Å²) in [6, 6.07) is 4.74. The molecule has 140 valence electrons. The van der Waals surface area contributed by atoms with E-state index in [1.165, 1.54) is 19.4 Å². The van der Waals surface area contributed by atoms with E-state index in [-0.39, 0.29) is 36.0 Å². The molecule has 0 radical (unpaired) electrons. The molecule has 3 rings (SSSR count). The Morgan fingerprint density at radius 3 is 2.85 bits per heavy atom. The molecule has 1 N–H and O–H groups in total. The van der Waals surface area contributed by atoms with Crippen LogP contribution in [0.25, 0.3) is 11.3 Å². The van der Waals surface area contributed by atoms with E-state index in [0.717, 1.165) is 23.5 Å². The first kappa shape index (κ1) is 18.7. The van der Waals surface area contributed by atoms with Crippen LogP contribution in [0.5, 0.6) is 0 Å². The van der Waals surface area contributed by atoms with Crippen LogP contribution < -0.4 is 5.32 Å². The number of halogens is 2. The van der Waals surface area contributed by atoms with Crippen molar-refractivity contribution >= 4 is 28.9 Å². The van der Waals surface area contributed by atoms with Gasteiger partial charge >= 0.3 is 5.97 Å². The molecule has 0 saturated carbocycles. The molecule has 2 aromatic heterocycles. The number of benzene rings is 1. The van der Waals surface area contributed by atoms with Crippen LogP contribution in [-0.4, -0.2) is 24.0 Å². The molecule has 0 atom stereocenters. The van der Waals surface area contributed by atoms with Gasteiger partial charge in [-0.2, -0.15) is 0 Å². The monoisotopic (exact) mass is 392 g/mol. The minimum atomic E-state index is -0.761. The molecule has 0 aliphatic heterocycles. The number of hydrogen-bond donors (Lipinski definition) is 1. The number of oxazole rings is 1.